The van der Waals surface area contributed by atoms with Crippen LogP contribution in [-0.2, 0) is 4.79 Å². The molecule has 24 heavy (non-hydrogen) atoms. The van der Waals surface area contributed by atoms with Crippen LogP contribution in [0.5, 0.6) is 0 Å². The number of guanidine groups is 1. The van der Waals surface area contributed by atoms with E-state index in [0.29, 0.717) is 17.4 Å². The molecule has 0 radical (unpaired) electrons. The number of hydrogen-bond acceptors (Lipinski definition) is 2. The quantitative estimate of drug-likeness (QED) is 0.385. The van der Waals surface area contributed by atoms with Gasteiger partial charge in [-0.1, -0.05) is 20.8 Å². The Morgan fingerprint density at radius 1 is 1.33 bits per heavy atom. The third kappa shape index (κ3) is 5.77. The fraction of sp³-hybridized carbons (Fsp3) is 0.889. The minimum atomic E-state index is 0. The second-order valence-electron chi connectivity index (χ2n) is 7.61. The molecule has 0 saturated carbocycles. The van der Waals surface area contributed by atoms with Crippen molar-refractivity contribution in [1.29, 1.82) is 0 Å². The lowest BCUT2D eigenvalue weighted by Gasteiger charge is -2.27. The molecule has 1 N–H and O–H groups in total. The Hall–Kier alpha value is -0.530. The molecule has 2 aliphatic rings. The largest absolute Gasteiger partial charge is 0.357 e. The summed E-state index contributed by atoms with van der Waals surface area (Å²) < 4.78 is 0. The molecule has 2 rings (SSSR count). The van der Waals surface area contributed by atoms with E-state index in [2.05, 4.69) is 42.8 Å². The molecule has 0 aromatic heterocycles. The van der Waals surface area contributed by atoms with Crippen molar-refractivity contribution < 1.29 is 4.79 Å². The lowest BCUT2D eigenvalue weighted by atomic mass is 9.93. The van der Waals surface area contributed by atoms with Crippen molar-refractivity contribution in [2.45, 2.75) is 65.8 Å². The third-order valence-corrected chi connectivity index (χ3v) is 5.06. The lowest BCUT2D eigenvalue weighted by molar-refractivity contribution is -0.129. The monoisotopic (exact) mass is 450 g/mol. The Kier molecular flexibility index (Phi) is 8.81. The van der Waals surface area contributed by atoms with E-state index in [9.17, 15) is 4.79 Å². The van der Waals surface area contributed by atoms with Crippen LogP contribution in [-0.4, -0.2) is 60.4 Å². The van der Waals surface area contributed by atoms with Gasteiger partial charge in [-0.15, -0.1) is 24.0 Å². The van der Waals surface area contributed by atoms with Crippen molar-refractivity contribution in [3.63, 3.8) is 0 Å². The van der Waals surface area contributed by atoms with Gasteiger partial charge in [-0.25, -0.2) is 0 Å². The predicted molar refractivity (Wildman–Crippen MR) is 111 cm³/mol. The number of carbonyl (C=O) groups excluding carboxylic acids is 1. The van der Waals surface area contributed by atoms with Crippen molar-refractivity contribution in [2.75, 3.05) is 32.7 Å². The highest BCUT2D eigenvalue weighted by atomic mass is 127. The van der Waals surface area contributed by atoms with E-state index in [4.69, 9.17) is 4.99 Å². The highest BCUT2D eigenvalue weighted by molar-refractivity contribution is 14.0. The summed E-state index contributed by atoms with van der Waals surface area (Å²) in [7, 11) is 0. The summed E-state index contributed by atoms with van der Waals surface area (Å²) in [5.74, 6) is 1.37. The molecular weight excluding hydrogens is 415 g/mol. The van der Waals surface area contributed by atoms with E-state index in [1.54, 1.807) is 0 Å². The lowest BCUT2D eigenvalue weighted by Crippen LogP contribution is -2.41. The van der Waals surface area contributed by atoms with Crippen molar-refractivity contribution in [2.24, 2.45) is 10.4 Å². The average molecular weight is 450 g/mol. The summed E-state index contributed by atoms with van der Waals surface area (Å²) in [5.41, 5.74) is 0.379. The smallest absolute Gasteiger partial charge is 0.222 e. The summed E-state index contributed by atoms with van der Waals surface area (Å²) >= 11 is 0. The first kappa shape index (κ1) is 21.5. The topological polar surface area (TPSA) is 47.9 Å². The van der Waals surface area contributed by atoms with Crippen LogP contribution in [0.25, 0.3) is 0 Å². The fourth-order valence-electron chi connectivity index (χ4n) is 3.67. The maximum absolute atomic E-state index is 11.9. The number of carbonyl (C=O) groups is 1. The maximum atomic E-state index is 11.9. The zero-order chi connectivity index (χ0) is 16.9. The van der Waals surface area contributed by atoms with Crippen molar-refractivity contribution in [3.05, 3.63) is 0 Å². The van der Waals surface area contributed by atoms with Gasteiger partial charge in [-0.3, -0.25) is 9.79 Å². The van der Waals surface area contributed by atoms with Crippen LogP contribution in [0.1, 0.15) is 59.8 Å². The van der Waals surface area contributed by atoms with E-state index in [1.807, 2.05) is 0 Å². The second-order valence-corrected chi connectivity index (χ2v) is 7.61. The molecular formula is C18H35IN4O. The Labute approximate surface area is 164 Å². The van der Waals surface area contributed by atoms with Crippen molar-refractivity contribution in [1.82, 2.24) is 15.1 Å². The third-order valence-electron chi connectivity index (χ3n) is 5.06. The second kappa shape index (κ2) is 9.82. The number of hydrogen-bond donors (Lipinski definition) is 1. The van der Waals surface area contributed by atoms with Gasteiger partial charge in [0.05, 0.1) is 0 Å². The van der Waals surface area contributed by atoms with Gasteiger partial charge in [0.15, 0.2) is 5.96 Å². The number of amides is 1. The van der Waals surface area contributed by atoms with Gasteiger partial charge in [-0.2, -0.15) is 0 Å². The van der Waals surface area contributed by atoms with E-state index in [0.717, 1.165) is 64.4 Å². The maximum Gasteiger partial charge on any atom is 0.222 e. The molecule has 0 bridgehead atoms. The molecule has 5 nitrogen and oxygen atoms in total. The van der Waals surface area contributed by atoms with Gasteiger partial charge in [0.2, 0.25) is 5.91 Å². The molecule has 2 saturated heterocycles. The van der Waals surface area contributed by atoms with Gasteiger partial charge in [-0.05, 0) is 38.0 Å². The van der Waals surface area contributed by atoms with Crippen molar-refractivity contribution in [3.8, 4) is 0 Å². The van der Waals surface area contributed by atoms with Crippen LogP contribution in [0, 0.1) is 5.41 Å². The molecule has 1 amide bonds. The van der Waals surface area contributed by atoms with Gasteiger partial charge in [0, 0.05) is 45.2 Å². The number of halogens is 1. The first-order valence-electron chi connectivity index (χ1n) is 9.29. The number of nitrogens with one attached hydrogen (secondary N) is 1. The standard InChI is InChI=1S/C18H34N4O.HI/c1-5-15(22-12-7-8-16(22)23)9-11-20-17(19-6-2)21-13-10-18(3,4)14-21;/h15H,5-14H2,1-4H3,(H,19,20);1H. The van der Waals surface area contributed by atoms with Crippen LogP contribution in [0.3, 0.4) is 0 Å². The summed E-state index contributed by atoms with van der Waals surface area (Å²) in [6, 6.07) is 0.353. The number of nitrogens with zero attached hydrogens (tertiary/aromatic N) is 3. The molecule has 2 heterocycles. The normalized spacial score (nSPS) is 21.8. The summed E-state index contributed by atoms with van der Waals surface area (Å²) in [6.07, 6.45) is 4.95. The molecule has 0 aromatic carbocycles. The Bertz CT molecular complexity index is 439. The van der Waals surface area contributed by atoms with Crippen LogP contribution < -0.4 is 5.32 Å². The first-order chi connectivity index (χ1) is 11.0. The SMILES string of the molecule is CCNC(=NCCC(CC)N1CCCC1=O)N1CCC(C)(C)C1.I. The minimum absolute atomic E-state index is 0. The molecule has 1 unspecified atom stereocenters. The van der Waals surface area contributed by atoms with Crippen molar-refractivity contribution >= 4 is 35.8 Å². The molecule has 0 aliphatic carbocycles. The van der Waals surface area contributed by atoms with Crippen LogP contribution in [0.4, 0.5) is 0 Å². The number of likely N-dealkylation sites (tertiary alicyclic amines) is 2. The predicted octanol–water partition coefficient (Wildman–Crippen LogP) is 3.09. The van der Waals surface area contributed by atoms with Gasteiger partial charge < -0.3 is 15.1 Å². The van der Waals surface area contributed by atoms with Crippen LogP contribution in [0.15, 0.2) is 4.99 Å². The van der Waals surface area contributed by atoms with E-state index in [1.165, 1.54) is 6.42 Å². The van der Waals surface area contributed by atoms with E-state index < -0.39 is 0 Å². The molecule has 140 valence electrons. The Balaban J connectivity index is 0.00000288. The first-order valence-corrected chi connectivity index (χ1v) is 9.29. The highest BCUT2D eigenvalue weighted by Gasteiger charge is 2.31. The van der Waals surface area contributed by atoms with Crippen LogP contribution in [0.2, 0.25) is 0 Å². The van der Waals surface area contributed by atoms with E-state index in [-0.39, 0.29) is 24.0 Å². The average Bonchev–Trinajstić information content (AvgIpc) is 3.08. The minimum Gasteiger partial charge on any atom is -0.357 e. The highest BCUT2D eigenvalue weighted by Crippen LogP contribution is 2.28. The van der Waals surface area contributed by atoms with Gasteiger partial charge >= 0.3 is 0 Å². The zero-order valence-corrected chi connectivity index (χ0v) is 18.1. The Morgan fingerprint density at radius 3 is 2.58 bits per heavy atom. The van der Waals surface area contributed by atoms with Crippen LogP contribution >= 0.6 is 24.0 Å². The summed E-state index contributed by atoms with van der Waals surface area (Å²) in [5, 5.41) is 3.43. The molecule has 0 aromatic rings. The number of aliphatic imine (C=N–C) groups is 1. The van der Waals surface area contributed by atoms with Gasteiger partial charge in [0.25, 0.3) is 0 Å². The molecule has 2 fully saturated rings. The molecule has 2 aliphatic heterocycles. The molecule has 0 spiro atoms. The summed E-state index contributed by atoms with van der Waals surface area (Å²) in [4.78, 5) is 21.2. The van der Waals surface area contributed by atoms with Gasteiger partial charge in [0.1, 0.15) is 0 Å². The van der Waals surface area contributed by atoms with E-state index >= 15 is 0 Å². The molecule has 6 heteroatoms. The summed E-state index contributed by atoms with van der Waals surface area (Å²) in [6.45, 7) is 13.7. The Morgan fingerprint density at radius 2 is 2.08 bits per heavy atom. The number of rotatable bonds is 6. The zero-order valence-electron chi connectivity index (χ0n) is 15.8. The molecule has 1 atom stereocenters. The fourth-order valence-corrected chi connectivity index (χ4v) is 3.67.